The van der Waals surface area contributed by atoms with Crippen LogP contribution < -0.4 is 19.3 Å². The Kier molecular flexibility index (Phi) is 7.09. The number of rotatable bonds is 4. The van der Waals surface area contributed by atoms with Crippen LogP contribution in [0.3, 0.4) is 0 Å². The van der Waals surface area contributed by atoms with E-state index < -0.39 is 0 Å². The van der Waals surface area contributed by atoms with Gasteiger partial charge in [-0.15, -0.1) is 0 Å². The lowest BCUT2D eigenvalue weighted by atomic mass is 9.85. The molecule has 0 bridgehead atoms. The average molecular weight is 697 g/mol. The van der Waals surface area contributed by atoms with E-state index in [9.17, 15) is 0 Å². The van der Waals surface area contributed by atoms with Gasteiger partial charge in [0.2, 0.25) is 0 Å². The topological polar surface area (TPSA) is 24.9 Å². The Morgan fingerprint density at radius 3 is 1.31 bits per heavy atom. The molecule has 7 aromatic rings. The molecule has 11 rings (SSSR count). The number of nitrogens with zero attached hydrogens (tertiary/aromatic N) is 2. The number of benzene rings is 7. The van der Waals surface area contributed by atoms with E-state index in [1.807, 2.05) is 0 Å². The molecule has 0 saturated carbocycles. The van der Waals surface area contributed by atoms with Gasteiger partial charge in [-0.05, 0) is 117 Å². The maximum Gasteiger partial charge on any atom is 0.151 e. The molecule has 0 N–H and O–H groups in total. The molecule has 0 saturated heterocycles. The standard InChI is InChI=1S/C50H36N2O2/c1-3-15-33(16-4-1)49-37-29-27-35(51-41-19-7-11-23-45(41)53-46-24-12-8-20-42(46)51)31-39(37)50(34-17-5-2-6-18-34)40-32-36(28-30-38(40)49)52-43-21-9-13-25-47(43)54-48-26-14-10-22-44(48)52/h1-11,13,15-23,25,27-32H,12,14,24,26H2. The predicted molar refractivity (Wildman–Crippen MR) is 222 cm³/mol. The van der Waals surface area contributed by atoms with Crippen molar-refractivity contribution in [3.63, 3.8) is 0 Å². The summed E-state index contributed by atoms with van der Waals surface area (Å²) >= 11 is 0. The van der Waals surface area contributed by atoms with E-state index in [1.165, 1.54) is 43.8 Å². The summed E-state index contributed by atoms with van der Waals surface area (Å²) in [6, 6.07) is 52.6. The molecular weight excluding hydrogens is 661 g/mol. The van der Waals surface area contributed by atoms with Gasteiger partial charge in [0.1, 0.15) is 11.5 Å². The van der Waals surface area contributed by atoms with Crippen molar-refractivity contribution in [1.82, 2.24) is 0 Å². The number of para-hydroxylation sites is 4. The van der Waals surface area contributed by atoms with Gasteiger partial charge in [0.05, 0.1) is 22.8 Å². The second kappa shape index (κ2) is 12.4. The van der Waals surface area contributed by atoms with Crippen LogP contribution in [0.15, 0.2) is 193 Å². The lowest BCUT2D eigenvalue weighted by Crippen LogP contribution is -2.25. The molecule has 0 radical (unpaired) electrons. The Hall–Kier alpha value is -6.78. The van der Waals surface area contributed by atoms with Crippen LogP contribution in [0.1, 0.15) is 25.7 Å². The largest absolute Gasteiger partial charge is 0.457 e. The van der Waals surface area contributed by atoms with Gasteiger partial charge in [0, 0.05) is 24.2 Å². The van der Waals surface area contributed by atoms with Crippen molar-refractivity contribution in [2.24, 2.45) is 0 Å². The summed E-state index contributed by atoms with van der Waals surface area (Å²) in [5.74, 6) is 3.81. The first-order valence-corrected chi connectivity index (χ1v) is 18.9. The minimum atomic E-state index is 0.878. The summed E-state index contributed by atoms with van der Waals surface area (Å²) < 4.78 is 13.0. The van der Waals surface area contributed by atoms with Crippen molar-refractivity contribution in [1.29, 1.82) is 0 Å². The highest BCUT2D eigenvalue weighted by molar-refractivity contribution is 6.22. The third kappa shape index (κ3) is 4.84. The molecule has 0 spiro atoms. The summed E-state index contributed by atoms with van der Waals surface area (Å²) in [4.78, 5) is 4.77. The highest BCUT2D eigenvalue weighted by atomic mass is 16.5. The van der Waals surface area contributed by atoms with Crippen LogP contribution in [-0.2, 0) is 0 Å². The lowest BCUT2D eigenvalue weighted by Gasteiger charge is -2.36. The molecule has 258 valence electrons. The van der Waals surface area contributed by atoms with E-state index in [0.717, 1.165) is 82.8 Å². The van der Waals surface area contributed by atoms with Crippen LogP contribution in [0.5, 0.6) is 11.5 Å². The van der Waals surface area contributed by atoms with Crippen LogP contribution in [0, 0.1) is 0 Å². The first kappa shape index (κ1) is 30.8. The number of anilines is 4. The third-order valence-electron chi connectivity index (χ3n) is 11.1. The number of allylic oxidation sites excluding steroid dienone is 6. The van der Waals surface area contributed by atoms with Gasteiger partial charge in [-0.1, -0.05) is 109 Å². The summed E-state index contributed by atoms with van der Waals surface area (Å²) in [6.45, 7) is 0. The molecule has 2 aliphatic heterocycles. The Morgan fingerprint density at radius 2 is 0.833 bits per heavy atom. The van der Waals surface area contributed by atoms with E-state index in [0.29, 0.717) is 0 Å². The maximum absolute atomic E-state index is 6.50. The van der Waals surface area contributed by atoms with E-state index in [1.54, 1.807) is 0 Å². The number of fused-ring (bicyclic) bond motifs is 4. The minimum absolute atomic E-state index is 0.878. The third-order valence-corrected chi connectivity index (χ3v) is 11.1. The predicted octanol–water partition coefficient (Wildman–Crippen LogP) is 13.5. The fourth-order valence-corrected chi connectivity index (χ4v) is 8.72. The molecule has 0 aromatic heterocycles. The molecule has 4 nitrogen and oxygen atoms in total. The number of hydrogen-bond acceptors (Lipinski definition) is 4. The van der Waals surface area contributed by atoms with Gasteiger partial charge in [0.25, 0.3) is 0 Å². The minimum Gasteiger partial charge on any atom is -0.457 e. The highest BCUT2D eigenvalue weighted by Crippen LogP contribution is 2.51. The summed E-state index contributed by atoms with van der Waals surface area (Å²) in [7, 11) is 0. The summed E-state index contributed by atoms with van der Waals surface area (Å²) in [5.41, 5.74) is 11.3. The molecule has 2 aliphatic carbocycles. The zero-order chi connectivity index (χ0) is 35.6. The van der Waals surface area contributed by atoms with Crippen molar-refractivity contribution in [2.75, 3.05) is 9.80 Å². The van der Waals surface area contributed by atoms with Gasteiger partial charge in [-0.25, -0.2) is 0 Å². The molecule has 2 heterocycles. The fourth-order valence-electron chi connectivity index (χ4n) is 8.72. The highest BCUT2D eigenvalue weighted by Gasteiger charge is 2.31. The van der Waals surface area contributed by atoms with Gasteiger partial charge < -0.3 is 19.3 Å². The molecule has 7 aromatic carbocycles. The molecule has 4 heteroatoms. The van der Waals surface area contributed by atoms with Crippen LogP contribution in [0.25, 0.3) is 43.8 Å². The normalized spacial score (nSPS) is 15.8. The smallest absolute Gasteiger partial charge is 0.151 e. The molecule has 0 atom stereocenters. The second-order valence-electron chi connectivity index (χ2n) is 14.3. The monoisotopic (exact) mass is 696 g/mol. The van der Waals surface area contributed by atoms with Gasteiger partial charge in [0.15, 0.2) is 11.5 Å². The van der Waals surface area contributed by atoms with Crippen LogP contribution >= 0.6 is 0 Å². The fraction of sp³-hybridized carbons (Fsp3) is 0.0800. The molecular formula is C50H36N2O2. The first-order chi connectivity index (χ1) is 26.8. The van der Waals surface area contributed by atoms with E-state index in [4.69, 9.17) is 9.47 Å². The quantitative estimate of drug-likeness (QED) is 0.171. The van der Waals surface area contributed by atoms with Crippen molar-refractivity contribution in [3.8, 4) is 33.8 Å². The van der Waals surface area contributed by atoms with Crippen LogP contribution in [-0.4, -0.2) is 0 Å². The van der Waals surface area contributed by atoms with Crippen molar-refractivity contribution in [3.05, 3.63) is 193 Å². The molecule has 4 aliphatic rings. The van der Waals surface area contributed by atoms with Crippen LogP contribution in [0.2, 0.25) is 0 Å². The molecule has 0 unspecified atom stereocenters. The number of ether oxygens (including phenoxy) is 2. The Bertz CT molecular complexity index is 2630. The maximum atomic E-state index is 6.50. The molecule has 54 heavy (non-hydrogen) atoms. The van der Waals surface area contributed by atoms with Crippen LogP contribution in [0.4, 0.5) is 22.7 Å². The van der Waals surface area contributed by atoms with Gasteiger partial charge in [-0.2, -0.15) is 0 Å². The zero-order valence-electron chi connectivity index (χ0n) is 29.7. The summed E-state index contributed by atoms with van der Waals surface area (Å²) in [5, 5.41) is 4.84. The Labute approximate surface area is 314 Å². The second-order valence-corrected chi connectivity index (χ2v) is 14.3. The SMILES string of the molecule is C1=CC2=C(CC1)Oc1ccccc1N2c1ccc2c(-c3ccccc3)c3ccc(N4C5=C(CCC=C5)Oc5ccccc54)cc3c(-c3ccccc3)c2c1. The van der Waals surface area contributed by atoms with E-state index in [2.05, 4.69) is 180 Å². The van der Waals surface area contributed by atoms with Crippen molar-refractivity contribution < 1.29 is 9.47 Å². The van der Waals surface area contributed by atoms with Gasteiger partial charge in [-0.3, -0.25) is 0 Å². The molecule has 0 amide bonds. The average Bonchev–Trinajstić information content (AvgIpc) is 3.24. The lowest BCUT2D eigenvalue weighted by molar-refractivity contribution is 0.388. The zero-order valence-corrected chi connectivity index (χ0v) is 29.7. The Morgan fingerprint density at radius 1 is 0.407 bits per heavy atom. The first-order valence-electron chi connectivity index (χ1n) is 18.9. The molecule has 0 fully saturated rings. The summed E-state index contributed by atoms with van der Waals surface area (Å²) in [6.07, 6.45) is 12.7. The van der Waals surface area contributed by atoms with Crippen molar-refractivity contribution >= 4 is 44.3 Å². The van der Waals surface area contributed by atoms with Crippen molar-refractivity contribution in [2.45, 2.75) is 25.7 Å². The Balaban J connectivity index is 1.23. The number of hydrogen-bond donors (Lipinski definition) is 0. The van der Waals surface area contributed by atoms with Gasteiger partial charge >= 0.3 is 0 Å². The van der Waals surface area contributed by atoms with E-state index in [-0.39, 0.29) is 0 Å². The van der Waals surface area contributed by atoms with E-state index >= 15 is 0 Å².